The number of carbonyl (C=O) groups is 1. The van der Waals surface area contributed by atoms with Gasteiger partial charge in [-0.3, -0.25) is 4.79 Å². The van der Waals surface area contributed by atoms with E-state index in [4.69, 9.17) is 0 Å². The highest BCUT2D eigenvalue weighted by Crippen LogP contribution is 2.54. The molecule has 0 amide bonds. The molecule has 1 aromatic carbocycles. The van der Waals surface area contributed by atoms with E-state index in [9.17, 15) is 18.0 Å². The van der Waals surface area contributed by atoms with Crippen LogP contribution in [0.5, 0.6) is 0 Å². The minimum Gasteiger partial charge on any atom is -0.295 e. The summed E-state index contributed by atoms with van der Waals surface area (Å²) in [5, 5.41) is 0. The third kappa shape index (κ3) is 2.80. The maximum absolute atomic E-state index is 13.4. The highest BCUT2D eigenvalue weighted by atomic mass is 19.4. The van der Waals surface area contributed by atoms with Gasteiger partial charge in [-0.05, 0) is 46.9 Å². The number of carbonyl (C=O) groups excluding carboxylic acids is 1. The summed E-state index contributed by atoms with van der Waals surface area (Å²) in [7, 11) is 0. The van der Waals surface area contributed by atoms with Crippen molar-refractivity contribution in [1.82, 2.24) is 0 Å². The maximum atomic E-state index is 13.4. The van der Waals surface area contributed by atoms with Crippen molar-refractivity contribution in [3.8, 4) is 0 Å². The van der Waals surface area contributed by atoms with Crippen molar-refractivity contribution in [3.05, 3.63) is 34.4 Å². The monoisotopic (exact) mass is 312 g/mol. The van der Waals surface area contributed by atoms with Gasteiger partial charge in [-0.25, -0.2) is 0 Å². The largest absolute Gasteiger partial charge is 0.395 e. The van der Waals surface area contributed by atoms with Crippen LogP contribution in [0.2, 0.25) is 0 Å². The van der Waals surface area contributed by atoms with E-state index in [0.717, 1.165) is 5.56 Å². The fourth-order valence-electron chi connectivity index (χ4n) is 3.31. The lowest BCUT2D eigenvalue weighted by Gasteiger charge is -2.25. The van der Waals surface area contributed by atoms with Gasteiger partial charge in [0.2, 0.25) is 0 Å². The molecule has 0 fully saturated rings. The SMILES string of the molecule is CC(=O)c1cc(C(C)(C)C)cc2c1C(C(F)(F)F)CC2(C)C. The molecule has 0 spiro atoms. The molecule has 1 atom stereocenters. The fraction of sp³-hybridized carbons (Fsp3) is 0.611. The highest BCUT2D eigenvalue weighted by molar-refractivity contribution is 5.97. The highest BCUT2D eigenvalue weighted by Gasteiger charge is 2.51. The molecule has 0 saturated heterocycles. The van der Waals surface area contributed by atoms with Gasteiger partial charge in [-0.2, -0.15) is 13.2 Å². The average Bonchev–Trinajstić information content (AvgIpc) is 2.59. The van der Waals surface area contributed by atoms with Gasteiger partial charge in [0, 0.05) is 5.56 Å². The predicted octanol–water partition coefficient (Wildman–Crippen LogP) is 5.51. The zero-order chi connectivity index (χ0) is 17.1. The van der Waals surface area contributed by atoms with Gasteiger partial charge < -0.3 is 0 Å². The average molecular weight is 312 g/mol. The van der Waals surface area contributed by atoms with Gasteiger partial charge in [0.1, 0.15) is 0 Å². The van der Waals surface area contributed by atoms with Crippen molar-refractivity contribution >= 4 is 5.78 Å². The lowest BCUT2D eigenvalue weighted by atomic mass is 9.79. The zero-order valence-electron chi connectivity index (χ0n) is 14.0. The van der Waals surface area contributed by atoms with Gasteiger partial charge in [0.05, 0.1) is 5.92 Å². The topological polar surface area (TPSA) is 17.1 Å². The van der Waals surface area contributed by atoms with Crippen molar-refractivity contribution in [1.29, 1.82) is 0 Å². The summed E-state index contributed by atoms with van der Waals surface area (Å²) < 4.78 is 40.3. The van der Waals surface area contributed by atoms with Crippen LogP contribution in [0.1, 0.15) is 80.9 Å². The minimum absolute atomic E-state index is 0.000288. The first-order chi connectivity index (χ1) is 9.75. The Morgan fingerprint density at radius 1 is 1.18 bits per heavy atom. The first-order valence-electron chi connectivity index (χ1n) is 7.51. The molecule has 0 N–H and O–H groups in total. The summed E-state index contributed by atoms with van der Waals surface area (Å²) >= 11 is 0. The molecule has 0 saturated carbocycles. The Bertz CT molecular complexity index is 618. The molecule has 1 aromatic rings. The second kappa shape index (κ2) is 4.84. The minimum atomic E-state index is -4.32. The quantitative estimate of drug-likeness (QED) is 0.625. The molecule has 0 aliphatic heterocycles. The number of fused-ring (bicyclic) bond motifs is 1. The summed E-state index contributed by atoms with van der Waals surface area (Å²) in [5.74, 6) is -1.85. The Balaban J connectivity index is 2.81. The number of ketones is 1. The third-order valence-corrected chi connectivity index (χ3v) is 4.61. The van der Waals surface area contributed by atoms with Crippen LogP contribution >= 0.6 is 0 Å². The predicted molar refractivity (Wildman–Crippen MR) is 81.6 cm³/mol. The van der Waals surface area contributed by atoms with E-state index < -0.39 is 17.5 Å². The lowest BCUT2D eigenvalue weighted by Crippen LogP contribution is -2.22. The van der Waals surface area contributed by atoms with Gasteiger partial charge in [0.25, 0.3) is 0 Å². The Labute approximate surface area is 129 Å². The number of rotatable bonds is 1. The summed E-state index contributed by atoms with van der Waals surface area (Å²) in [5.41, 5.74) is 1.21. The molecule has 0 radical (unpaired) electrons. The standard InChI is InChI=1S/C18H23F3O/c1-10(22)12-7-11(16(2,3)4)8-13-15(12)14(18(19,20)21)9-17(13,5)6/h7-8,14H,9H2,1-6H3. The number of Topliss-reactive ketones (excluding diaryl/α,β-unsaturated/α-hetero) is 1. The first kappa shape index (κ1) is 17.0. The summed E-state index contributed by atoms with van der Waals surface area (Å²) in [6, 6.07) is 3.52. The van der Waals surface area contributed by atoms with E-state index in [1.807, 2.05) is 40.7 Å². The van der Waals surface area contributed by atoms with E-state index in [2.05, 4.69) is 0 Å². The first-order valence-corrected chi connectivity index (χ1v) is 7.51. The Hall–Kier alpha value is -1.32. The second-order valence-electron chi connectivity index (χ2n) is 7.97. The van der Waals surface area contributed by atoms with E-state index in [1.54, 1.807) is 6.07 Å². The van der Waals surface area contributed by atoms with Gasteiger partial charge in [-0.15, -0.1) is 0 Å². The van der Waals surface area contributed by atoms with Crippen LogP contribution in [-0.2, 0) is 10.8 Å². The molecule has 0 bridgehead atoms. The van der Waals surface area contributed by atoms with Crippen molar-refractivity contribution < 1.29 is 18.0 Å². The molecule has 4 heteroatoms. The van der Waals surface area contributed by atoms with Crippen LogP contribution < -0.4 is 0 Å². The molecular formula is C18H23F3O. The van der Waals surface area contributed by atoms with Crippen LogP contribution in [0.3, 0.4) is 0 Å². The Morgan fingerprint density at radius 3 is 2.14 bits per heavy atom. The zero-order valence-corrected chi connectivity index (χ0v) is 14.0. The van der Waals surface area contributed by atoms with E-state index in [0.29, 0.717) is 5.56 Å². The lowest BCUT2D eigenvalue weighted by molar-refractivity contribution is -0.151. The van der Waals surface area contributed by atoms with Crippen LogP contribution in [0.4, 0.5) is 13.2 Å². The second-order valence-corrected chi connectivity index (χ2v) is 7.97. The van der Waals surface area contributed by atoms with Crippen LogP contribution in [-0.4, -0.2) is 12.0 Å². The molecule has 22 heavy (non-hydrogen) atoms. The van der Waals surface area contributed by atoms with Crippen LogP contribution in [0.15, 0.2) is 12.1 Å². The number of benzene rings is 1. The van der Waals surface area contributed by atoms with Crippen molar-refractivity contribution in [3.63, 3.8) is 0 Å². The molecular weight excluding hydrogens is 289 g/mol. The molecule has 0 heterocycles. The molecule has 1 aliphatic rings. The van der Waals surface area contributed by atoms with Gasteiger partial charge in [0.15, 0.2) is 5.78 Å². The van der Waals surface area contributed by atoms with Crippen molar-refractivity contribution in [2.45, 2.75) is 70.9 Å². The number of hydrogen-bond acceptors (Lipinski definition) is 1. The maximum Gasteiger partial charge on any atom is 0.395 e. The molecule has 0 aromatic heterocycles. The Morgan fingerprint density at radius 2 is 1.73 bits per heavy atom. The number of halogens is 3. The van der Waals surface area contributed by atoms with E-state index >= 15 is 0 Å². The molecule has 1 nitrogen and oxygen atoms in total. The molecule has 1 unspecified atom stereocenters. The normalized spacial score (nSPS) is 20.9. The van der Waals surface area contributed by atoms with Crippen LogP contribution in [0, 0.1) is 0 Å². The third-order valence-electron chi connectivity index (χ3n) is 4.61. The van der Waals surface area contributed by atoms with E-state index in [-0.39, 0.29) is 28.7 Å². The number of alkyl halides is 3. The molecule has 1 aliphatic carbocycles. The summed E-state index contributed by atoms with van der Waals surface area (Å²) in [6.07, 6.45) is -4.32. The van der Waals surface area contributed by atoms with Crippen molar-refractivity contribution in [2.24, 2.45) is 0 Å². The van der Waals surface area contributed by atoms with Gasteiger partial charge in [-0.1, -0.05) is 40.7 Å². The Kier molecular flexibility index (Phi) is 3.75. The van der Waals surface area contributed by atoms with Crippen molar-refractivity contribution in [2.75, 3.05) is 0 Å². The number of hydrogen-bond donors (Lipinski definition) is 0. The smallest absolute Gasteiger partial charge is 0.295 e. The van der Waals surface area contributed by atoms with Crippen LogP contribution in [0.25, 0.3) is 0 Å². The molecule has 122 valence electrons. The van der Waals surface area contributed by atoms with E-state index in [1.165, 1.54) is 6.92 Å². The summed E-state index contributed by atoms with van der Waals surface area (Å²) in [4.78, 5) is 12.0. The molecule has 2 rings (SSSR count). The van der Waals surface area contributed by atoms with Gasteiger partial charge >= 0.3 is 6.18 Å². The summed E-state index contributed by atoms with van der Waals surface area (Å²) in [6.45, 7) is 11.0. The fourth-order valence-corrected chi connectivity index (χ4v) is 3.31.